The van der Waals surface area contributed by atoms with Crippen LogP contribution in [0.25, 0.3) is 21.5 Å². The number of esters is 1. The first-order valence-electron chi connectivity index (χ1n) is 8.42. The molecule has 0 aliphatic carbocycles. The van der Waals surface area contributed by atoms with Crippen molar-refractivity contribution in [1.82, 2.24) is 10.2 Å². The molecule has 0 spiro atoms. The van der Waals surface area contributed by atoms with Crippen LogP contribution < -0.4 is 4.74 Å². The molecule has 0 bridgehead atoms. The van der Waals surface area contributed by atoms with E-state index in [1.54, 1.807) is 50.4 Å². The molecule has 0 saturated heterocycles. The number of carbonyl (C=O) groups excluding carboxylic acids is 1. The minimum absolute atomic E-state index is 0.173. The van der Waals surface area contributed by atoms with Crippen molar-refractivity contribution in [2.45, 2.75) is 13.0 Å². The van der Waals surface area contributed by atoms with Gasteiger partial charge in [-0.05, 0) is 49.4 Å². The van der Waals surface area contributed by atoms with Crippen LogP contribution in [-0.4, -0.2) is 23.3 Å². The van der Waals surface area contributed by atoms with Gasteiger partial charge in [-0.15, -0.1) is 21.5 Å². The number of fused-ring (bicyclic) bond motifs is 1. The van der Waals surface area contributed by atoms with Gasteiger partial charge in [0.1, 0.15) is 16.4 Å². The number of nitrogens with zero attached hydrogens (tertiary/aromatic N) is 2. The summed E-state index contributed by atoms with van der Waals surface area (Å²) in [6.07, 6.45) is -0.748. The molecule has 0 unspecified atom stereocenters. The molecule has 0 radical (unpaired) electrons. The Morgan fingerprint density at radius 2 is 1.96 bits per heavy atom. The molecule has 0 fully saturated rings. The summed E-state index contributed by atoms with van der Waals surface area (Å²) >= 11 is 1.17. The molecule has 4 rings (SSSR count). The molecular weight excluding hydrogens is 383 g/mol. The van der Waals surface area contributed by atoms with E-state index in [1.807, 2.05) is 0 Å². The van der Waals surface area contributed by atoms with Crippen LogP contribution in [0, 0.1) is 5.82 Å². The number of benzene rings is 2. The van der Waals surface area contributed by atoms with Crippen LogP contribution in [0.15, 0.2) is 52.9 Å². The number of halogens is 1. The zero-order valence-electron chi connectivity index (χ0n) is 15.0. The van der Waals surface area contributed by atoms with E-state index in [2.05, 4.69) is 10.2 Å². The van der Waals surface area contributed by atoms with E-state index in [0.29, 0.717) is 26.6 Å². The average molecular weight is 398 g/mol. The molecule has 2 aromatic heterocycles. The predicted octanol–water partition coefficient (Wildman–Crippen LogP) is 5.02. The first-order valence-corrected chi connectivity index (χ1v) is 9.23. The van der Waals surface area contributed by atoms with Gasteiger partial charge in [0.25, 0.3) is 5.89 Å². The number of rotatable bonds is 5. The van der Waals surface area contributed by atoms with E-state index in [9.17, 15) is 9.18 Å². The normalized spacial score (nSPS) is 12.1. The lowest BCUT2D eigenvalue weighted by Gasteiger charge is -2.07. The van der Waals surface area contributed by atoms with Crippen molar-refractivity contribution in [3.8, 4) is 17.2 Å². The number of aromatic nitrogens is 2. The number of thiophene rings is 1. The van der Waals surface area contributed by atoms with Crippen molar-refractivity contribution in [3.63, 3.8) is 0 Å². The molecule has 1 atom stereocenters. The van der Waals surface area contributed by atoms with Crippen molar-refractivity contribution < 1.29 is 23.1 Å². The third kappa shape index (κ3) is 3.46. The van der Waals surface area contributed by atoms with Gasteiger partial charge in [0, 0.05) is 15.6 Å². The lowest BCUT2D eigenvalue weighted by atomic mass is 10.2. The highest BCUT2D eigenvalue weighted by molar-refractivity contribution is 7.20. The van der Waals surface area contributed by atoms with Gasteiger partial charge < -0.3 is 13.9 Å². The summed E-state index contributed by atoms with van der Waals surface area (Å²) < 4.78 is 30.6. The second-order valence-electron chi connectivity index (χ2n) is 5.98. The van der Waals surface area contributed by atoms with Crippen molar-refractivity contribution in [3.05, 3.63) is 65.1 Å². The smallest absolute Gasteiger partial charge is 0.349 e. The maximum atomic E-state index is 13.8. The van der Waals surface area contributed by atoms with Gasteiger partial charge in [-0.2, -0.15) is 0 Å². The van der Waals surface area contributed by atoms with Crippen LogP contribution in [0.5, 0.6) is 5.75 Å². The Labute approximate surface area is 163 Å². The van der Waals surface area contributed by atoms with Gasteiger partial charge in [-0.3, -0.25) is 0 Å². The Balaban J connectivity index is 1.49. The summed E-state index contributed by atoms with van der Waals surface area (Å²) in [4.78, 5) is 12.7. The number of carbonyl (C=O) groups is 1. The van der Waals surface area contributed by atoms with Crippen LogP contribution in [0.3, 0.4) is 0 Å². The van der Waals surface area contributed by atoms with Gasteiger partial charge in [0.15, 0.2) is 6.10 Å². The Morgan fingerprint density at radius 3 is 2.68 bits per heavy atom. The Kier molecular flexibility index (Phi) is 4.79. The number of hydrogen-bond donors (Lipinski definition) is 0. The first kappa shape index (κ1) is 18.1. The number of hydrogen-bond acceptors (Lipinski definition) is 7. The standard InChI is InChI=1S/C20H15FN2O4S/c1-11(18-22-23-19(27-18)12-6-8-13(25-2)9-7-12)26-20(24)17-10-14-15(21)4-3-5-16(14)28-17/h3-11H,1-2H3/t11-/m0/s1. The third-order valence-electron chi connectivity index (χ3n) is 4.12. The Morgan fingerprint density at radius 1 is 1.18 bits per heavy atom. The Bertz CT molecular complexity index is 1140. The predicted molar refractivity (Wildman–Crippen MR) is 102 cm³/mol. The van der Waals surface area contributed by atoms with E-state index in [-0.39, 0.29) is 11.7 Å². The van der Waals surface area contributed by atoms with Crippen molar-refractivity contribution in [1.29, 1.82) is 0 Å². The van der Waals surface area contributed by atoms with Gasteiger partial charge >= 0.3 is 5.97 Å². The minimum Gasteiger partial charge on any atom is -0.497 e. The molecule has 0 aliphatic heterocycles. The zero-order valence-corrected chi connectivity index (χ0v) is 15.8. The second-order valence-corrected chi connectivity index (χ2v) is 7.07. The molecule has 4 aromatic rings. The van der Waals surface area contributed by atoms with E-state index >= 15 is 0 Å². The molecule has 0 N–H and O–H groups in total. The van der Waals surface area contributed by atoms with E-state index in [0.717, 1.165) is 5.56 Å². The molecule has 0 aliphatic rings. The molecule has 28 heavy (non-hydrogen) atoms. The summed E-state index contributed by atoms with van der Waals surface area (Å²) in [5.74, 6) is 0.251. The molecule has 0 amide bonds. The highest BCUT2D eigenvalue weighted by Gasteiger charge is 2.21. The van der Waals surface area contributed by atoms with Crippen molar-refractivity contribution in [2.75, 3.05) is 7.11 Å². The molecule has 8 heteroatoms. The highest BCUT2D eigenvalue weighted by atomic mass is 32.1. The molecule has 142 valence electrons. The quantitative estimate of drug-likeness (QED) is 0.440. The lowest BCUT2D eigenvalue weighted by molar-refractivity contribution is 0.0286. The lowest BCUT2D eigenvalue weighted by Crippen LogP contribution is -2.08. The van der Waals surface area contributed by atoms with Crippen LogP contribution in [0.1, 0.15) is 28.6 Å². The SMILES string of the molecule is COc1ccc(-c2nnc([C@H](C)OC(=O)c3cc4c(F)cccc4s3)o2)cc1. The maximum Gasteiger partial charge on any atom is 0.349 e. The Hall–Kier alpha value is -3.26. The number of methoxy groups -OCH3 is 1. The third-order valence-corrected chi connectivity index (χ3v) is 5.20. The van der Waals surface area contributed by atoms with Crippen LogP contribution in [0.2, 0.25) is 0 Å². The van der Waals surface area contributed by atoms with Crippen molar-refractivity contribution in [2.24, 2.45) is 0 Å². The monoisotopic (exact) mass is 398 g/mol. The maximum absolute atomic E-state index is 13.8. The number of ether oxygens (including phenoxy) is 2. The fraction of sp³-hybridized carbons (Fsp3) is 0.150. The van der Waals surface area contributed by atoms with Crippen LogP contribution >= 0.6 is 11.3 Å². The summed E-state index contributed by atoms with van der Waals surface area (Å²) in [5, 5.41) is 8.35. The van der Waals surface area contributed by atoms with E-state index in [4.69, 9.17) is 13.9 Å². The summed E-state index contributed by atoms with van der Waals surface area (Å²) in [6, 6.07) is 13.3. The molecular formula is C20H15FN2O4S. The van der Waals surface area contributed by atoms with Crippen LogP contribution in [-0.2, 0) is 4.74 Å². The molecule has 2 aromatic carbocycles. The molecule has 2 heterocycles. The molecule has 6 nitrogen and oxygen atoms in total. The summed E-state index contributed by atoms with van der Waals surface area (Å²) in [7, 11) is 1.58. The van der Waals surface area contributed by atoms with Gasteiger partial charge in [-0.25, -0.2) is 9.18 Å². The van der Waals surface area contributed by atoms with Crippen molar-refractivity contribution >= 4 is 27.4 Å². The minimum atomic E-state index is -0.748. The van der Waals surface area contributed by atoms with Crippen LogP contribution in [0.4, 0.5) is 4.39 Å². The van der Waals surface area contributed by atoms with Gasteiger partial charge in [0.2, 0.25) is 5.89 Å². The molecule has 0 saturated carbocycles. The summed E-state index contributed by atoms with van der Waals surface area (Å²) in [6.45, 7) is 1.64. The van der Waals surface area contributed by atoms with E-state index in [1.165, 1.54) is 23.5 Å². The van der Waals surface area contributed by atoms with Gasteiger partial charge in [0.05, 0.1) is 7.11 Å². The highest BCUT2D eigenvalue weighted by Crippen LogP contribution is 2.30. The largest absolute Gasteiger partial charge is 0.497 e. The first-order chi connectivity index (χ1) is 13.5. The van der Waals surface area contributed by atoms with E-state index < -0.39 is 12.1 Å². The zero-order chi connectivity index (χ0) is 19.7. The fourth-order valence-electron chi connectivity index (χ4n) is 2.64. The average Bonchev–Trinajstić information content (AvgIpc) is 3.36. The van der Waals surface area contributed by atoms with Gasteiger partial charge in [-0.1, -0.05) is 6.07 Å². The second kappa shape index (κ2) is 7.40. The topological polar surface area (TPSA) is 74.5 Å². The fourth-order valence-corrected chi connectivity index (χ4v) is 3.60. The summed E-state index contributed by atoms with van der Waals surface area (Å²) in [5.41, 5.74) is 0.720.